The van der Waals surface area contributed by atoms with E-state index in [0.717, 1.165) is 31.9 Å². The van der Waals surface area contributed by atoms with Crippen molar-refractivity contribution in [3.8, 4) is 6.07 Å². The molecule has 2 aliphatic heterocycles. The summed E-state index contributed by atoms with van der Waals surface area (Å²) in [5.41, 5.74) is -2.40. The number of ether oxygens (including phenoxy) is 2. The molecule has 0 N–H and O–H groups in total. The number of benzene rings is 1. The van der Waals surface area contributed by atoms with E-state index < -0.39 is 41.0 Å². The molecule has 0 bridgehead atoms. The molecule has 3 heterocycles. The van der Waals surface area contributed by atoms with Crippen LogP contribution in [0, 0.1) is 17.1 Å². The first-order valence-corrected chi connectivity index (χ1v) is 10.7. The van der Waals surface area contributed by atoms with E-state index in [1.807, 2.05) is 0 Å². The minimum atomic E-state index is -4.79. The number of carbonyl (C=O) groups excluding carboxylic acids is 1. The van der Waals surface area contributed by atoms with Gasteiger partial charge in [-0.15, -0.1) is 0 Å². The molecule has 34 heavy (non-hydrogen) atoms. The Morgan fingerprint density at radius 1 is 1.32 bits per heavy atom. The monoisotopic (exact) mass is 492 g/mol. The first-order valence-electron chi connectivity index (χ1n) is 10.3. The molecule has 1 spiro atoms. The Bertz CT molecular complexity index is 1260. The number of methoxy groups -OCH3 is 1. The molecule has 3 aliphatic rings. The Hall–Kier alpha value is -3.30. The Kier molecular flexibility index (Phi) is 5.03. The summed E-state index contributed by atoms with van der Waals surface area (Å²) in [6.45, 7) is 0. The van der Waals surface area contributed by atoms with Crippen molar-refractivity contribution in [3.05, 3.63) is 53.1 Å². The van der Waals surface area contributed by atoms with E-state index in [1.54, 1.807) is 4.90 Å². The van der Waals surface area contributed by atoms with Crippen LogP contribution in [0.4, 0.5) is 28.9 Å². The molecular weight excluding hydrogens is 476 g/mol. The number of hydrogen-bond acceptors (Lipinski definition) is 6. The van der Waals surface area contributed by atoms with Crippen LogP contribution >= 0.6 is 12.2 Å². The van der Waals surface area contributed by atoms with Crippen LogP contribution in [0.1, 0.15) is 40.9 Å². The summed E-state index contributed by atoms with van der Waals surface area (Å²) in [5.74, 6) is -1.65. The number of fused-ring (bicyclic) bond motifs is 2. The predicted molar refractivity (Wildman–Crippen MR) is 114 cm³/mol. The maximum absolute atomic E-state index is 14.8. The second-order valence-corrected chi connectivity index (χ2v) is 8.61. The average Bonchev–Trinajstić information content (AvgIpc) is 3.56. The van der Waals surface area contributed by atoms with Crippen LogP contribution < -0.4 is 9.80 Å². The molecule has 2 aromatic rings. The van der Waals surface area contributed by atoms with Crippen molar-refractivity contribution in [2.45, 2.75) is 43.3 Å². The zero-order valence-electron chi connectivity index (χ0n) is 17.6. The van der Waals surface area contributed by atoms with Gasteiger partial charge in [0.25, 0.3) is 0 Å². The Balaban J connectivity index is 1.58. The first-order chi connectivity index (χ1) is 16.1. The van der Waals surface area contributed by atoms with Gasteiger partial charge < -0.3 is 14.4 Å². The van der Waals surface area contributed by atoms with Crippen molar-refractivity contribution in [2.75, 3.05) is 16.9 Å². The molecule has 0 radical (unpaired) electrons. The summed E-state index contributed by atoms with van der Waals surface area (Å²) < 4.78 is 65.8. The Morgan fingerprint density at radius 3 is 2.62 bits per heavy atom. The zero-order chi connectivity index (χ0) is 24.4. The third-order valence-corrected chi connectivity index (χ3v) is 6.87. The maximum atomic E-state index is 14.8. The van der Waals surface area contributed by atoms with Crippen LogP contribution in [0.15, 0.2) is 30.5 Å². The highest BCUT2D eigenvalue weighted by Crippen LogP contribution is 2.56. The van der Waals surface area contributed by atoms with Gasteiger partial charge in [-0.3, -0.25) is 4.90 Å². The number of alkyl halides is 3. The lowest BCUT2D eigenvalue weighted by Gasteiger charge is -2.54. The van der Waals surface area contributed by atoms with Gasteiger partial charge in [0.2, 0.25) is 0 Å². The smallest absolute Gasteiger partial charge is 0.419 e. The van der Waals surface area contributed by atoms with Crippen molar-refractivity contribution in [1.29, 1.82) is 5.26 Å². The number of rotatable bonds is 3. The maximum Gasteiger partial charge on any atom is 0.419 e. The van der Waals surface area contributed by atoms with Crippen molar-refractivity contribution in [3.63, 3.8) is 0 Å². The van der Waals surface area contributed by atoms with Gasteiger partial charge in [0, 0.05) is 5.69 Å². The molecule has 0 amide bonds. The largest absolute Gasteiger partial charge is 0.465 e. The topological polar surface area (TPSA) is 82.0 Å². The normalized spacial score (nSPS) is 22.6. The molecule has 7 nitrogen and oxygen atoms in total. The first kappa shape index (κ1) is 22.5. The molecule has 12 heteroatoms. The number of hydrogen-bond donors (Lipinski definition) is 0. The summed E-state index contributed by atoms with van der Waals surface area (Å²) in [6.07, 6.45) is -2.36. The van der Waals surface area contributed by atoms with Crippen LogP contribution in [0.25, 0.3) is 0 Å². The van der Waals surface area contributed by atoms with Gasteiger partial charge in [-0.05, 0) is 55.7 Å². The van der Waals surface area contributed by atoms with Gasteiger partial charge in [0.1, 0.15) is 18.0 Å². The molecule has 1 aromatic carbocycles. The Morgan fingerprint density at radius 2 is 2.06 bits per heavy atom. The van der Waals surface area contributed by atoms with Gasteiger partial charge in [-0.25, -0.2) is 14.2 Å². The van der Waals surface area contributed by atoms with E-state index in [2.05, 4.69) is 9.72 Å². The highest BCUT2D eigenvalue weighted by atomic mass is 32.1. The summed E-state index contributed by atoms with van der Waals surface area (Å²) >= 11 is 5.70. The lowest BCUT2D eigenvalue weighted by atomic mass is 9.71. The molecule has 1 aliphatic carbocycles. The third-order valence-electron chi connectivity index (χ3n) is 6.49. The number of nitrogens with zero attached hydrogens (tertiary/aromatic N) is 4. The molecule has 2 saturated heterocycles. The third kappa shape index (κ3) is 3.22. The zero-order valence-corrected chi connectivity index (χ0v) is 18.4. The van der Waals surface area contributed by atoms with Crippen LogP contribution in [-0.4, -0.2) is 41.0 Å². The molecule has 3 fully saturated rings. The second-order valence-electron chi connectivity index (χ2n) is 8.25. The molecule has 2 atom stereocenters. The van der Waals surface area contributed by atoms with Gasteiger partial charge in [-0.2, -0.15) is 18.4 Å². The standard InChI is InChI=1S/C22H16F4N4O3S/c1-32-19(31)13-4-3-11(8-15(13)23)30-20(34)29(18-17(33-18)21(30)5-2-6-21)12-7-14(22(24,25)26)16(9-27)28-10-12/h3-4,7-8,10,17-18H,2,5-6H2,1H3. The van der Waals surface area contributed by atoms with Gasteiger partial charge in [-0.1, -0.05) is 0 Å². The van der Waals surface area contributed by atoms with E-state index in [9.17, 15) is 22.4 Å². The summed E-state index contributed by atoms with van der Waals surface area (Å²) in [5, 5.41) is 9.16. The summed E-state index contributed by atoms with van der Waals surface area (Å²) in [6, 6.07) is 6.21. The lowest BCUT2D eigenvalue weighted by Crippen LogP contribution is -2.68. The number of aromatic nitrogens is 1. The fourth-order valence-corrected chi connectivity index (χ4v) is 5.21. The lowest BCUT2D eigenvalue weighted by molar-refractivity contribution is -0.138. The van der Waals surface area contributed by atoms with E-state index in [0.29, 0.717) is 18.5 Å². The number of halogens is 4. The molecular formula is C22H16F4N4O3S. The number of epoxide rings is 1. The number of carbonyl (C=O) groups is 1. The molecule has 176 valence electrons. The minimum Gasteiger partial charge on any atom is -0.465 e. The van der Waals surface area contributed by atoms with E-state index in [1.165, 1.54) is 23.1 Å². The van der Waals surface area contributed by atoms with Crippen LogP contribution in [-0.2, 0) is 15.7 Å². The Labute approximate surface area is 196 Å². The van der Waals surface area contributed by atoms with E-state index in [-0.39, 0.29) is 22.5 Å². The van der Waals surface area contributed by atoms with Crippen LogP contribution in [0.3, 0.4) is 0 Å². The number of nitriles is 1. The van der Waals surface area contributed by atoms with Crippen LogP contribution in [0.5, 0.6) is 0 Å². The fourth-order valence-electron chi connectivity index (χ4n) is 4.71. The summed E-state index contributed by atoms with van der Waals surface area (Å²) in [7, 11) is 1.14. The quantitative estimate of drug-likeness (QED) is 0.274. The highest BCUT2D eigenvalue weighted by molar-refractivity contribution is 7.80. The second kappa shape index (κ2) is 7.61. The van der Waals surface area contributed by atoms with Crippen LogP contribution in [0.2, 0.25) is 0 Å². The highest BCUT2D eigenvalue weighted by Gasteiger charge is 2.68. The van der Waals surface area contributed by atoms with E-state index in [4.69, 9.17) is 22.2 Å². The van der Waals surface area contributed by atoms with E-state index >= 15 is 0 Å². The number of esters is 1. The molecule has 5 rings (SSSR count). The van der Waals surface area contributed by atoms with Crippen molar-refractivity contribution in [1.82, 2.24) is 4.98 Å². The minimum absolute atomic E-state index is 0.00894. The predicted octanol–water partition coefficient (Wildman–Crippen LogP) is 4.16. The van der Waals surface area contributed by atoms with Gasteiger partial charge in [0.05, 0.1) is 35.7 Å². The molecule has 1 saturated carbocycles. The average molecular weight is 492 g/mol. The number of thiocarbonyl (C=S) groups is 1. The molecule has 2 unspecified atom stereocenters. The van der Waals surface area contributed by atoms with Crippen molar-refractivity contribution >= 4 is 34.7 Å². The fraction of sp³-hybridized carbons (Fsp3) is 0.364. The van der Waals surface area contributed by atoms with Gasteiger partial charge >= 0.3 is 12.1 Å². The summed E-state index contributed by atoms with van der Waals surface area (Å²) in [4.78, 5) is 18.6. The number of anilines is 2. The SMILES string of the molecule is COC(=O)c1ccc(N2C(=S)N(c3cnc(C#N)c(C(F)(F)F)c3)C3OC3C23CCC3)cc1F. The van der Waals surface area contributed by atoms with Gasteiger partial charge in [0.15, 0.2) is 17.0 Å². The van der Waals surface area contributed by atoms with Crippen molar-refractivity contribution < 1.29 is 31.8 Å². The number of pyridine rings is 1. The van der Waals surface area contributed by atoms with Crippen molar-refractivity contribution in [2.24, 2.45) is 0 Å². The molecule has 1 aromatic heterocycles.